The molecule has 0 spiro atoms. The molecule has 3 nitrogen and oxygen atoms in total. The Morgan fingerprint density at radius 1 is 1.62 bits per heavy atom. The first-order chi connectivity index (χ1) is 7.50. The Kier molecular flexibility index (Phi) is 3.37. The number of rotatable bonds is 4. The van der Waals surface area contributed by atoms with Crippen LogP contribution in [0.3, 0.4) is 0 Å². The van der Waals surface area contributed by atoms with Gasteiger partial charge in [0.15, 0.2) is 0 Å². The second-order valence-electron chi connectivity index (χ2n) is 4.39. The number of aliphatic carboxylic acids is 1. The number of nitrogens with zero attached hydrogens (tertiary/aromatic N) is 1. The summed E-state index contributed by atoms with van der Waals surface area (Å²) in [6.45, 7) is 0. The third kappa shape index (κ3) is 2.31. The molecule has 0 saturated heterocycles. The third-order valence-corrected chi connectivity index (χ3v) is 4.70. The van der Waals surface area contributed by atoms with Crippen LogP contribution in [0, 0.1) is 11.8 Å². The third-order valence-electron chi connectivity index (χ3n) is 3.00. The van der Waals surface area contributed by atoms with Gasteiger partial charge in [0.2, 0.25) is 0 Å². The topological polar surface area (TPSA) is 40.5 Å². The van der Waals surface area contributed by atoms with Gasteiger partial charge in [0, 0.05) is 10.9 Å². The van der Waals surface area contributed by atoms with Gasteiger partial charge in [-0.25, -0.2) is 0 Å². The number of carboxylic acid groups (broad SMARTS) is 1. The molecule has 5 heteroatoms. The van der Waals surface area contributed by atoms with Gasteiger partial charge in [0.25, 0.3) is 0 Å². The highest BCUT2D eigenvalue weighted by molar-refractivity contribution is 9.11. The van der Waals surface area contributed by atoms with E-state index in [2.05, 4.69) is 26.9 Å². The van der Waals surface area contributed by atoms with Crippen molar-refractivity contribution < 1.29 is 9.90 Å². The molecule has 1 saturated carbocycles. The standard InChI is InChI=1S/C11H14BrNO2S/c1-13(2)10(6-5-7(6)11(14)15)8-3-4-9(12)16-8/h3-4,6-7,10H,5H2,1-2H3,(H,14,15). The first-order valence-electron chi connectivity index (χ1n) is 5.15. The molecule has 0 aliphatic heterocycles. The van der Waals surface area contributed by atoms with Crippen LogP contribution in [0.2, 0.25) is 0 Å². The van der Waals surface area contributed by atoms with Crippen LogP contribution in [0.4, 0.5) is 0 Å². The fourth-order valence-corrected chi connectivity index (χ4v) is 3.88. The zero-order valence-corrected chi connectivity index (χ0v) is 11.6. The maximum atomic E-state index is 10.9. The predicted molar refractivity (Wildman–Crippen MR) is 67.7 cm³/mol. The molecule has 16 heavy (non-hydrogen) atoms. The quantitative estimate of drug-likeness (QED) is 0.930. The highest BCUT2D eigenvalue weighted by atomic mass is 79.9. The Hall–Kier alpha value is -0.390. The highest BCUT2D eigenvalue weighted by Gasteiger charge is 2.49. The van der Waals surface area contributed by atoms with Crippen LogP contribution in [-0.2, 0) is 4.79 Å². The second kappa shape index (κ2) is 4.47. The zero-order chi connectivity index (χ0) is 11.9. The van der Waals surface area contributed by atoms with Crippen molar-refractivity contribution in [3.05, 3.63) is 20.8 Å². The monoisotopic (exact) mass is 303 g/mol. The van der Waals surface area contributed by atoms with Gasteiger partial charge in [0.05, 0.1) is 9.70 Å². The predicted octanol–water partition coefficient (Wildman–Crippen LogP) is 2.83. The molecule has 3 unspecified atom stereocenters. The molecule has 1 aliphatic carbocycles. The fourth-order valence-electron chi connectivity index (χ4n) is 2.18. The molecule has 0 bridgehead atoms. The summed E-state index contributed by atoms with van der Waals surface area (Å²) in [6.07, 6.45) is 0.799. The number of halogens is 1. The number of hydrogen-bond donors (Lipinski definition) is 1. The minimum Gasteiger partial charge on any atom is -0.481 e. The van der Waals surface area contributed by atoms with E-state index in [0.717, 1.165) is 10.2 Å². The summed E-state index contributed by atoms with van der Waals surface area (Å²) in [4.78, 5) is 14.3. The SMILES string of the molecule is CN(C)C(c1ccc(Br)s1)C1CC1C(=O)O. The van der Waals surface area contributed by atoms with E-state index in [1.165, 1.54) is 4.88 Å². The first kappa shape index (κ1) is 12.1. The fraction of sp³-hybridized carbons (Fsp3) is 0.545. The average Bonchev–Trinajstić information content (AvgIpc) is 2.83. The van der Waals surface area contributed by atoms with E-state index in [4.69, 9.17) is 5.11 Å². The van der Waals surface area contributed by atoms with Crippen molar-refractivity contribution in [2.24, 2.45) is 11.8 Å². The molecular weight excluding hydrogens is 290 g/mol. The zero-order valence-electron chi connectivity index (χ0n) is 9.18. The summed E-state index contributed by atoms with van der Waals surface area (Å²) in [5, 5.41) is 8.98. The average molecular weight is 304 g/mol. The summed E-state index contributed by atoms with van der Waals surface area (Å²) in [6, 6.07) is 4.34. The van der Waals surface area contributed by atoms with Crippen molar-refractivity contribution >= 4 is 33.2 Å². The van der Waals surface area contributed by atoms with Crippen molar-refractivity contribution in [3.8, 4) is 0 Å². The molecule has 3 atom stereocenters. The van der Waals surface area contributed by atoms with Gasteiger partial charge in [-0.15, -0.1) is 11.3 Å². The van der Waals surface area contributed by atoms with Gasteiger partial charge in [-0.3, -0.25) is 4.79 Å². The molecule has 1 fully saturated rings. The van der Waals surface area contributed by atoms with Crippen LogP contribution in [0.15, 0.2) is 15.9 Å². The van der Waals surface area contributed by atoms with Crippen molar-refractivity contribution in [2.45, 2.75) is 12.5 Å². The largest absolute Gasteiger partial charge is 0.481 e. The molecule has 88 valence electrons. The van der Waals surface area contributed by atoms with E-state index in [-0.39, 0.29) is 17.9 Å². The molecule has 2 rings (SSSR count). The molecule has 0 aromatic carbocycles. The van der Waals surface area contributed by atoms with Crippen molar-refractivity contribution in [2.75, 3.05) is 14.1 Å². The maximum Gasteiger partial charge on any atom is 0.306 e. The van der Waals surface area contributed by atoms with Gasteiger partial charge in [-0.2, -0.15) is 0 Å². The lowest BCUT2D eigenvalue weighted by Gasteiger charge is -2.23. The summed E-state index contributed by atoms with van der Waals surface area (Å²) in [5.41, 5.74) is 0. The lowest BCUT2D eigenvalue weighted by molar-refractivity contribution is -0.139. The van der Waals surface area contributed by atoms with E-state index in [1.807, 2.05) is 20.2 Å². The van der Waals surface area contributed by atoms with E-state index >= 15 is 0 Å². The number of carbonyl (C=O) groups is 1. The molecule has 0 radical (unpaired) electrons. The van der Waals surface area contributed by atoms with E-state index < -0.39 is 5.97 Å². The van der Waals surface area contributed by atoms with Crippen molar-refractivity contribution in [3.63, 3.8) is 0 Å². The van der Waals surface area contributed by atoms with E-state index in [1.54, 1.807) is 11.3 Å². The van der Waals surface area contributed by atoms with Gasteiger partial charge in [-0.05, 0) is 54.5 Å². The molecule has 1 heterocycles. The Balaban J connectivity index is 2.17. The van der Waals surface area contributed by atoms with Crippen molar-refractivity contribution in [1.82, 2.24) is 4.90 Å². The van der Waals surface area contributed by atoms with Gasteiger partial charge in [0.1, 0.15) is 0 Å². The van der Waals surface area contributed by atoms with Gasteiger partial charge < -0.3 is 10.0 Å². The van der Waals surface area contributed by atoms with Crippen LogP contribution in [0.5, 0.6) is 0 Å². The Bertz CT molecular complexity index is 404. The summed E-state index contributed by atoms with van der Waals surface area (Å²) < 4.78 is 1.10. The summed E-state index contributed by atoms with van der Waals surface area (Å²) in [7, 11) is 4.02. The number of hydrogen-bond acceptors (Lipinski definition) is 3. The van der Waals surface area contributed by atoms with Crippen LogP contribution in [-0.4, -0.2) is 30.1 Å². The van der Waals surface area contributed by atoms with Gasteiger partial charge >= 0.3 is 5.97 Å². The lowest BCUT2D eigenvalue weighted by Crippen LogP contribution is -2.22. The van der Waals surface area contributed by atoms with Crippen LogP contribution >= 0.6 is 27.3 Å². The van der Waals surface area contributed by atoms with Crippen LogP contribution in [0.1, 0.15) is 17.3 Å². The van der Waals surface area contributed by atoms with Crippen LogP contribution < -0.4 is 0 Å². The first-order valence-corrected chi connectivity index (χ1v) is 6.76. The number of thiophene rings is 1. The Morgan fingerprint density at radius 2 is 2.31 bits per heavy atom. The normalized spacial score (nSPS) is 25.8. The van der Waals surface area contributed by atoms with E-state index in [9.17, 15) is 4.79 Å². The molecule has 1 aromatic heterocycles. The molecule has 0 amide bonds. The summed E-state index contributed by atoms with van der Waals surface area (Å²) in [5.74, 6) is -0.557. The molecule has 1 aromatic rings. The van der Waals surface area contributed by atoms with E-state index in [0.29, 0.717) is 0 Å². The Labute approximate surface area is 107 Å². The minimum absolute atomic E-state index is 0.159. The number of carboxylic acids is 1. The highest BCUT2D eigenvalue weighted by Crippen LogP contribution is 2.51. The molecule has 1 aliphatic rings. The van der Waals surface area contributed by atoms with Gasteiger partial charge in [-0.1, -0.05) is 0 Å². The smallest absolute Gasteiger partial charge is 0.306 e. The Morgan fingerprint density at radius 3 is 2.69 bits per heavy atom. The lowest BCUT2D eigenvalue weighted by atomic mass is 10.1. The molecular formula is C11H14BrNO2S. The van der Waals surface area contributed by atoms with Crippen molar-refractivity contribution in [1.29, 1.82) is 0 Å². The second-order valence-corrected chi connectivity index (χ2v) is 6.89. The maximum absolute atomic E-state index is 10.9. The summed E-state index contributed by atoms with van der Waals surface area (Å²) >= 11 is 5.14. The minimum atomic E-state index is -0.660. The van der Waals surface area contributed by atoms with Crippen LogP contribution in [0.25, 0.3) is 0 Å². The molecule has 1 N–H and O–H groups in total.